The van der Waals surface area contributed by atoms with Crippen LogP contribution in [0.3, 0.4) is 0 Å². The van der Waals surface area contributed by atoms with Crippen LogP contribution in [0.4, 0.5) is 0 Å². The maximum atomic E-state index is 12.3. The standard InChI is InChI=1S/C17H16O/c1-12-7-5-6-10-14(12)15-11-16(15)17(18)13-8-3-2-4-9-13/h2-10,15-16H,11H2,1H3/t15-,16+/m0/s1. The zero-order valence-electron chi connectivity index (χ0n) is 10.5. The molecule has 0 aromatic heterocycles. The second-order valence-corrected chi connectivity index (χ2v) is 5.04. The Bertz CT molecular complexity index is 571. The number of carbonyl (C=O) groups is 1. The van der Waals surface area contributed by atoms with Crippen LogP contribution in [-0.4, -0.2) is 5.78 Å². The quantitative estimate of drug-likeness (QED) is 0.737. The van der Waals surface area contributed by atoms with E-state index in [-0.39, 0.29) is 5.92 Å². The van der Waals surface area contributed by atoms with Gasteiger partial charge in [-0.1, -0.05) is 54.6 Å². The summed E-state index contributed by atoms with van der Waals surface area (Å²) < 4.78 is 0. The van der Waals surface area contributed by atoms with E-state index in [9.17, 15) is 4.79 Å². The Morgan fingerprint density at radius 2 is 1.67 bits per heavy atom. The number of aryl methyl sites for hydroxylation is 1. The summed E-state index contributed by atoms with van der Waals surface area (Å²) in [6, 6.07) is 18.0. The van der Waals surface area contributed by atoms with Gasteiger partial charge in [0.05, 0.1) is 0 Å². The van der Waals surface area contributed by atoms with Crippen molar-refractivity contribution in [3.8, 4) is 0 Å². The van der Waals surface area contributed by atoms with E-state index in [1.54, 1.807) is 0 Å². The molecular weight excluding hydrogens is 220 g/mol. The Balaban J connectivity index is 1.79. The number of hydrogen-bond donors (Lipinski definition) is 0. The van der Waals surface area contributed by atoms with Crippen LogP contribution in [0.5, 0.6) is 0 Å². The van der Waals surface area contributed by atoms with Gasteiger partial charge in [0, 0.05) is 11.5 Å². The number of hydrogen-bond acceptors (Lipinski definition) is 1. The SMILES string of the molecule is Cc1ccccc1[C@@H]1C[C@H]1C(=O)c1ccccc1. The summed E-state index contributed by atoms with van der Waals surface area (Å²) in [5.74, 6) is 0.913. The van der Waals surface area contributed by atoms with E-state index in [1.165, 1.54) is 11.1 Å². The highest BCUT2D eigenvalue weighted by atomic mass is 16.1. The summed E-state index contributed by atoms with van der Waals surface area (Å²) >= 11 is 0. The lowest BCUT2D eigenvalue weighted by atomic mass is 10.00. The van der Waals surface area contributed by atoms with Gasteiger partial charge in [0.2, 0.25) is 0 Å². The van der Waals surface area contributed by atoms with Crippen molar-refractivity contribution in [2.45, 2.75) is 19.3 Å². The minimum atomic E-state index is 0.188. The van der Waals surface area contributed by atoms with E-state index in [2.05, 4.69) is 31.2 Å². The molecule has 0 saturated heterocycles. The Hall–Kier alpha value is -1.89. The molecule has 18 heavy (non-hydrogen) atoms. The number of benzene rings is 2. The molecule has 1 aliphatic rings. The molecule has 0 amide bonds. The monoisotopic (exact) mass is 236 g/mol. The number of rotatable bonds is 3. The molecule has 1 fully saturated rings. The minimum Gasteiger partial charge on any atom is -0.294 e. The third-order valence-corrected chi connectivity index (χ3v) is 3.77. The smallest absolute Gasteiger partial charge is 0.166 e. The highest BCUT2D eigenvalue weighted by Gasteiger charge is 2.44. The van der Waals surface area contributed by atoms with Gasteiger partial charge < -0.3 is 0 Å². The van der Waals surface area contributed by atoms with Crippen LogP contribution in [0.25, 0.3) is 0 Å². The third-order valence-electron chi connectivity index (χ3n) is 3.77. The molecule has 0 spiro atoms. The van der Waals surface area contributed by atoms with Crippen LogP contribution in [0, 0.1) is 12.8 Å². The van der Waals surface area contributed by atoms with E-state index in [0.717, 1.165) is 12.0 Å². The summed E-state index contributed by atoms with van der Waals surface area (Å²) in [5.41, 5.74) is 3.48. The molecule has 1 aliphatic carbocycles. The number of carbonyl (C=O) groups excluding carboxylic acids is 1. The molecule has 2 atom stereocenters. The summed E-state index contributed by atoms with van der Waals surface area (Å²) in [7, 11) is 0. The van der Waals surface area contributed by atoms with Crippen LogP contribution in [0.2, 0.25) is 0 Å². The zero-order chi connectivity index (χ0) is 12.5. The van der Waals surface area contributed by atoms with E-state index in [4.69, 9.17) is 0 Å². The van der Waals surface area contributed by atoms with Gasteiger partial charge in [-0.15, -0.1) is 0 Å². The normalized spacial score (nSPS) is 21.6. The predicted molar refractivity (Wildman–Crippen MR) is 72.8 cm³/mol. The first-order valence-corrected chi connectivity index (χ1v) is 6.42. The van der Waals surface area contributed by atoms with Crippen molar-refractivity contribution < 1.29 is 4.79 Å². The van der Waals surface area contributed by atoms with Crippen molar-refractivity contribution in [3.05, 3.63) is 71.3 Å². The maximum Gasteiger partial charge on any atom is 0.166 e. The fourth-order valence-corrected chi connectivity index (χ4v) is 2.65. The maximum absolute atomic E-state index is 12.3. The highest BCUT2D eigenvalue weighted by molar-refractivity contribution is 6.00. The van der Waals surface area contributed by atoms with Crippen LogP contribution in [-0.2, 0) is 0 Å². The lowest BCUT2D eigenvalue weighted by molar-refractivity contribution is 0.0965. The van der Waals surface area contributed by atoms with Crippen molar-refractivity contribution in [1.82, 2.24) is 0 Å². The summed E-state index contributed by atoms with van der Waals surface area (Å²) in [6.45, 7) is 2.12. The highest BCUT2D eigenvalue weighted by Crippen LogP contribution is 2.49. The summed E-state index contributed by atoms with van der Waals surface area (Å²) in [6.07, 6.45) is 0.999. The summed E-state index contributed by atoms with van der Waals surface area (Å²) in [4.78, 5) is 12.3. The van der Waals surface area contributed by atoms with Crippen LogP contribution < -0.4 is 0 Å². The van der Waals surface area contributed by atoms with E-state index >= 15 is 0 Å². The first kappa shape index (κ1) is 11.2. The van der Waals surface area contributed by atoms with E-state index < -0.39 is 0 Å². The van der Waals surface area contributed by atoms with Crippen molar-refractivity contribution in [2.75, 3.05) is 0 Å². The van der Waals surface area contributed by atoms with Crippen molar-refractivity contribution in [2.24, 2.45) is 5.92 Å². The minimum absolute atomic E-state index is 0.188. The first-order valence-electron chi connectivity index (χ1n) is 6.42. The average Bonchev–Trinajstić information content (AvgIpc) is 3.20. The Kier molecular flexibility index (Phi) is 2.75. The second kappa shape index (κ2) is 4.41. The molecule has 0 N–H and O–H groups in total. The van der Waals surface area contributed by atoms with Gasteiger partial charge in [-0.05, 0) is 30.4 Å². The molecule has 1 nitrogen and oxygen atoms in total. The van der Waals surface area contributed by atoms with Gasteiger partial charge in [0.25, 0.3) is 0 Å². The van der Waals surface area contributed by atoms with Crippen LogP contribution in [0.1, 0.15) is 33.8 Å². The molecular formula is C17H16O. The van der Waals surface area contributed by atoms with E-state index in [0.29, 0.717) is 11.7 Å². The molecule has 3 rings (SSSR count). The van der Waals surface area contributed by atoms with Crippen molar-refractivity contribution in [1.29, 1.82) is 0 Å². The number of Topliss-reactive ketones (excluding diaryl/α,β-unsaturated/α-hetero) is 1. The van der Waals surface area contributed by atoms with E-state index in [1.807, 2.05) is 30.3 Å². The molecule has 2 aromatic rings. The fraction of sp³-hybridized carbons (Fsp3) is 0.235. The fourth-order valence-electron chi connectivity index (χ4n) is 2.65. The van der Waals surface area contributed by atoms with Gasteiger partial charge >= 0.3 is 0 Å². The van der Waals surface area contributed by atoms with Crippen molar-refractivity contribution >= 4 is 5.78 Å². The first-order chi connectivity index (χ1) is 8.77. The zero-order valence-corrected chi connectivity index (χ0v) is 10.5. The van der Waals surface area contributed by atoms with Gasteiger partial charge in [0.1, 0.15) is 0 Å². The molecule has 0 bridgehead atoms. The molecule has 0 aliphatic heterocycles. The lowest BCUT2D eigenvalue weighted by Crippen LogP contribution is -2.03. The average molecular weight is 236 g/mol. The number of ketones is 1. The van der Waals surface area contributed by atoms with Gasteiger partial charge in [0.15, 0.2) is 5.78 Å². The predicted octanol–water partition coefficient (Wildman–Crippen LogP) is 3.98. The van der Waals surface area contributed by atoms with Gasteiger partial charge in [-0.2, -0.15) is 0 Å². The van der Waals surface area contributed by atoms with Crippen LogP contribution >= 0.6 is 0 Å². The Morgan fingerprint density at radius 1 is 1.00 bits per heavy atom. The molecule has 1 saturated carbocycles. The molecule has 2 aromatic carbocycles. The molecule has 90 valence electrons. The second-order valence-electron chi connectivity index (χ2n) is 5.04. The van der Waals surface area contributed by atoms with Gasteiger partial charge in [-0.25, -0.2) is 0 Å². The summed E-state index contributed by atoms with van der Waals surface area (Å²) in [5, 5.41) is 0. The lowest BCUT2D eigenvalue weighted by Gasteiger charge is -2.04. The van der Waals surface area contributed by atoms with Gasteiger partial charge in [-0.3, -0.25) is 4.79 Å². The largest absolute Gasteiger partial charge is 0.294 e. The Labute approximate surface area is 107 Å². The van der Waals surface area contributed by atoms with Crippen LogP contribution in [0.15, 0.2) is 54.6 Å². The molecule has 1 heteroatoms. The molecule has 0 heterocycles. The third kappa shape index (κ3) is 1.97. The topological polar surface area (TPSA) is 17.1 Å². The van der Waals surface area contributed by atoms with Crippen molar-refractivity contribution in [3.63, 3.8) is 0 Å². The Morgan fingerprint density at radius 3 is 2.39 bits per heavy atom. The molecule has 0 unspecified atom stereocenters. The molecule has 0 radical (unpaired) electrons.